The van der Waals surface area contributed by atoms with E-state index in [0.717, 1.165) is 17.7 Å². The molecule has 1 saturated carbocycles. The lowest BCUT2D eigenvalue weighted by Crippen LogP contribution is -2.10. The highest BCUT2D eigenvalue weighted by molar-refractivity contribution is 8.14. The Kier molecular flexibility index (Phi) is 4.69. The van der Waals surface area contributed by atoms with Gasteiger partial charge in [-0.1, -0.05) is 43.8 Å². The molecular formula is C18H19NO5S. The van der Waals surface area contributed by atoms with Gasteiger partial charge in [-0.05, 0) is 23.3 Å². The second-order valence-electron chi connectivity index (χ2n) is 6.94. The Morgan fingerprint density at radius 2 is 2.24 bits per heavy atom. The van der Waals surface area contributed by atoms with Gasteiger partial charge in [-0.3, -0.25) is 19.7 Å². The molecule has 1 aromatic rings. The zero-order valence-electron chi connectivity index (χ0n) is 14.1. The molecule has 0 amide bonds. The van der Waals surface area contributed by atoms with Crippen molar-refractivity contribution in [2.45, 2.75) is 26.9 Å². The van der Waals surface area contributed by atoms with E-state index in [1.165, 1.54) is 23.9 Å². The number of allylic oxidation sites excluding steroid dienone is 1. The van der Waals surface area contributed by atoms with Crippen LogP contribution < -0.4 is 0 Å². The van der Waals surface area contributed by atoms with Crippen LogP contribution in [0.5, 0.6) is 0 Å². The van der Waals surface area contributed by atoms with Gasteiger partial charge in [0, 0.05) is 23.5 Å². The quantitative estimate of drug-likeness (QED) is 0.345. The second kappa shape index (κ2) is 6.63. The van der Waals surface area contributed by atoms with Gasteiger partial charge in [0.05, 0.1) is 10.8 Å². The summed E-state index contributed by atoms with van der Waals surface area (Å²) >= 11 is 1.32. The Morgan fingerprint density at radius 1 is 1.48 bits per heavy atom. The first kappa shape index (κ1) is 17.7. The third-order valence-corrected chi connectivity index (χ3v) is 5.85. The molecule has 2 atom stereocenters. The van der Waals surface area contributed by atoms with Crippen molar-refractivity contribution in [3.05, 3.63) is 51.6 Å². The molecule has 1 heterocycles. The van der Waals surface area contributed by atoms with E-state index in [0.29, 0.717) is 5.56 Å². The zero-order valence-corrected chi connectivity index (χ0v) is 14.9. The number of carbonyl (C=O) groups excluding carboxylic acids is 2. The Balaban J connectivity index is 1.63. The van der Waals surface area contributed by atoms with Crippen LogP contribution >= 0.6 is 11.8 Å². The third kappa shape index (κ3) is 3.61. The smallest absolute Gasteiger partial charge is 0.310 e. The summed E-state index contributed by atoms with van der Waals surface area (Å²) in [4.78, 5) is 34.5. The van der Waals surface area contributed by atoms with Gasteiger partial charge < -0.3 is 4.74 Å². The molecule has 0 spiro atoms. The molecule has 25 heavy (non-hydrogen) atoms. The zero-order chi connectivity index (χ0) is 18.2. The van der Waals surface area contributed by atoms with Crippen LogP contribution in [-0.4, -0.2) is 21.8 Å². The molecule has 0 radical (unpaired) electrons. The molecule has 1 saturated heterocycles. The predicted octanol–water partition coefficient (Wildman–Crippen LogP) is 3.50. The Bertz CT molecular complexity index is 770. The number of hydrogen-bond donors (Lipinski definition) is 0. The summed E-state index contributed by atoms with van der Waals surface area (Å²) in [6.45, 7) is 3.98. The summed E-state index contributed by atoms with van der Waals surface area (Å²) in [7, 11) is 0. The van der Waals surface area contributed by atoms with Gasteiger partial charge in [-0.25, -0.2) is 0 Å². The maximum atomic E-state index is 12.4. The van der Waals surface area contributed by atoms with Crippen molar-refractivity contribution < 1.29 is 19.2 Å². The van der Waals surface area contributed by atoms with Gasteiger partial charge >= 0.3 is 5.97 Å². The fraction of sp³-hybridized carbons (Fsp3) is 0.444. The molecule has 0 bridgehead atoms. The number of thioether (sulfide) groups is 1. The van der Waals surface area contributed by atoms with Gasteiger partial charge in [-0.15, -0.1) is 0 Å². The van der Waals surface area contributed by atoms with Crippen LogP contribution in [0.25, 0.3) is 0 Å². The third-order valence-electron chi connectivity index (χ3n) is 4.91. The summed E-state index contributed by atoms with van der Waals surface area (Å²) in [5.41, 5.74) is 1.12. The number of esters is 1. The van der Waals surface area contributed by atoms with Crippen molar-refractivity contribution in [3.8, 4) is 0 Å². The van der Waals surface area contributed by atoms with E-state index >= 15 is 0 Å². The van der Waals surface area contributed by atoms with E-state index < -0.39 is 4.92 Å². The average Bonchev–Trinajstić information content (AvgIpc) is 2.87. The minimum absolute atomic E-state index is 0.00256. The van der Waals surface area contributed by atoms with Crippen molar-refractivity contribution >= 4 is 28.5 Å². The van der Waals surface area contributed by atoms with Crippen LogP contribution in [0.15, 0.2) is 35.9 Å². The fourth-order valence-electron chi connectivity index (χ4n) is 3.26. The number of hydrogen-bond acceptors (Lipinski definition) is 6. The normalized spacial score (nSPS) is 25.8. The molecule has 1 aliphatic carbocycles. The van der Waals surface area contributed by atoms with Crippen molar-refractivity contribution in [2.24, 2.45) is 17.3 Å². The van der Waals surface area contributed by atoms with Crippen LogP contribution in [0.2, 0.25) is 0 Å². The van der Waals surface area contributed by atoms with Crippen molar-refractivity contribution in [3.63, 3.8) is 0 Å². The molecule has 2 aliphatic rings. The number of carbonyl (C=O) groups is 2. The molecule has 7 heteroatoms. The van der Waals surface area contributed by atoms with Crippen molar-refractivity contribution in [1.29, 1.82) is 0 Å². The van der Waals surface area contributed by atoms with E-state index in [1.807, 2.05) is 19.9 Å². The van der Waals surface area contributed by atoms with E-state index in [1.54, 1.807) is 12.1 Å². The first-order chi connectivity index (χ1) is 11.8. The predicted molar refractivity (Wildman–Crippen MR) is 93.8 cm³/mol. The number of benzene rings is 1. The largest absolute Gasteiger partial charge is 0.461 e. The lowest BCUT2D eigenvalue weighted by Gasteiger charge is -2.05. The Labute approximate surface area is 149 Å². The van der Waals surface area contributed by atoms with Gasteiger partial charge in [0.2, 0.25) is 5.12 Å². The minimum Gasteiger partial charge on any atom is -0.461 e. The minimum atomic E-state index is -0.478. The van der Waals surface area contributed by atoms with Crippen molar-refractivity contribution in [1.82, 2.24) is 0 Å². The number of nitro benzene ring substituents is 1. The molecule has 1 aliphatic heterocycles. The number of nitro groups is 1. The molecule has 2 unspecified atom stereocenters. The topological polar surface area (TPSA) is 86.5 Å². The highest BCUT2D eigenvalue weighted by atomic mass is 32.2. The molecule has 0 aromatic heterocycles. The van der Waals surface area contributed by atoms with Crippen LogP contribution in [0.4, 0.5) is 5.69 Å². The molecule has 1 aromatic carbocycles. The highest BCUT2D eigenvalue weighted by Gasteiger charge is 2.61. The molecule has 132 valence electrons. The molecule has 0 N–H and O–H groups in total. The highest BCUT2D eigenvalue weighted by Crippen LogP contribution is 2.60. The number of ether oxygens (including phenoxy) is 1. The van der Waals surface area contributed by atoms with Crippen LogP contribution in [0.1, 0.15) is 25.8 Å². The number of non-ortho nitro benzene ring substituents is 1. The SMILES string of the molecule is CC1(C)C(/C=C2\CCSC2=O)C1C(=O)OCc1cccc([N+](=O)[O-])c1. The molecule has 3 rings (SSSR count). The standard InChI is InChI=1S/C18H19NO5S/c1-18(2)14(9-12-6-7-25-17(12)21)15(18)16(20)24-10-11-4-3-5-13(8-11)19(22)23/h3-5,8-9,14-15H,6-7,10H2,1-2H3/b12-9+. The van der Waals surface area contributed by atoms with Gasteiger partial charge in [-0.2, -0.15) is 0 Å². The van der Waals surface area contributed by atoms with E-state index in [4.69, 9.17) is 4.74 Å². The lowest BCUT2D eigenvalue weighted by molar-refractivity contribution is -0.384. The Hall–Kier alpha value is -2.15. The second-order valence-corrected chi connectivity index (χ2v) is 8.01. The molecule has 2 fully saturated rings. The van der Waals surface area contributed by atoms with Gasteiger partial charge in [0.1, 0.15) is 6.61 Å². The van der Waals surface area contributed by atoms with Gasteiger partial charge in [0.25, 0.3) is 5.69 Å². The van der Waals surface area contributed by atoms with Crippen molar-refractivity contribution in [2.75, 3.05) is 5.75 Å². The first-order valence-electron chi connectivity index (χ1n) is 8.08. The summed E-state index contributed by atoms with van der Waals surface area (Å²) in [5.74, 6) is 0.205. The monoisotopic (exact) mass is 361 g/mol. The van der Waals surface area contributed by atoms with Gasteiger partial charge in [0.15, 0.2) is 0 Å². The summed E-state index contributed by atoms with van der Waals surface area (Å²) in [5, 5.41) is 10.9. The van der Waals surface area contributed by atoms with Crippen LogP contribution in [-0.2, 0) is 20.9 Å². The Morgan fingerprint density at radius 3 is 2.88 bits per heavy atom. The van der Waals surface area contributed by atoms with Crippen LogP contribution in [0.3, 0.4) is 0 Å². The van der Waals surface area contributed by atoms with E-state index in [9.17, 15) is 19.7 Å². The van der Waals surface area contributed by atoms with Crippen LogP contribution in [0, 0.1) is 27.4 Å². The summed E-state index contributed by atoms with van der Waals surface area (Å²) < 4.78 is 5.36. The molecule has 6 nitrogen and oxygen atoms in total. The first-order valence-corrected chi connectivity index (χ1v) is 9.07. The van der Waals surface area contributed by atoms with E-state index in [2.05, 4.69) is 0 Å². The number of nitrogens with zero attached hydrogens (tertiary/aromatic N) is 1. The molecular weight excluding hydrogens is 342 g/mol. The number of rotatable bonds is 5. The maximum Gasteiger partial charge on any atom is 0.310 e. The fourth-order valence-corrected chi connectivity index (χ4v) is 4.12. The summed E-state index contributed by atoms with van der Waals surface area (Å²) in [6, 6.07) is 6.05. The maximum absolute atomic E-state index is 12.4. The van der Waals surface area contributed by atoms with E-state index in [-0.39, 0.29) is 40.6 Å². The summed E-state index contributed by atoms with van der Waals surface area (Å²) in [6.07, 6.45) is 2.69. The lowest BCUT2D eigenvalue weighted by atomic mass is 10.1. The average molecular weight is 361 g/mol.